The van der Waals surface area contributed by atoms with Gasteiger partial charge in [0.05, 0.1) is 0 Å². The van der Waals surface area contributed by atoms with Crippen LogP contribution in [0.2, 0.25) is 0 Å². The van der Waals surface area contributed by atoms with E-state index in [0.717, 1.165) is 11.1 Å². The molecule has 1 aromatic rings. The molecule has 6 N–H and O–H groups in total. The molecule has 0 fully saturated rings. The van der Waals surface area contributed by atoms with Gasteiger partial charge >= 0.3 is 5.97 Å². The minimum Gasteiger partial charge on any atom is -0.480 e. The monoisotopic (exact) mass is 438 g/mol. The molecule has 0 aromatic heterocycles. The van der Waals surface area contributed by atoms with Gasteiger partial charge in [-0.25, -0.2) is 4.79 Å². The molecule has 0 heterocycles. The van der Waals surface area contributed by atoms with Crippen LogP contribution < -0.4 is 16.8 Å². The highest BCUT2D eigenvalue weighted by atomic mass is 79.9. The minimum atomic E-state index is -1.12. The van der Waals surface area contributed by atoms with Crippen molar-refractivity contribution < 1.29 is 19.4 Å². The number of carboxylic acids is 1. The van der Waals surface area contributed by atoms with E-state index in [-0.39, 0.29) is 19.0 Å². The lowest BCUT2D eigenvalue weighted by atomic mass is 9.95. The predicted molar refractivity (Wildman–Crippen MR) is 106 cm³/mol. The zero-order valence-corrected chi connectivity index (χ0v) is 16.3. The molecular weight excluding hydrogens is 416 g/mol. The van der Waals surface area contributed by atoms with Crippen molar-refractivity contribution in [2.75, 3.05) is 13.2 Å². The summed E-state index contributed by atoms with van der Waals surface area (Å²) in [5.41, 5.74) is 12.4. The van der Waals surface area contributed by atoms with Gasteiger partial charge in [-0.3, -0.25) is 9.79 Å². The van der Waals surface area contributed by atoms with Gasteiger partial charge in [-0.15, -0.1) is 0 Å². The summed E-state index contributed by atoms with van der Waals surface area (Å²) in [5, 5.41) is 11.7. The number of guanidine groups is 1. The molecule has 1 aliphatic carbocycles. The molecule has 1 aromatic carbocycles. The number of aliphatic carboxylic acids is 1. The van der Waals surface area contributed by atoms with Crippen LogP contribution in [-0.2, 0) is 18.8 Å². The van der Waals surface area contributed by atoms with Crippen LogP contribution in [0.5, 0.6) is 0 Å². The van der Waals surface area contributed by atoms with E-state index in [4.69, 9.17) is 16.2 Å². The number of nitrogens with zero attached hydrogens (tertiary/aromatic N) is 1. The number of carbonyl (C=O) groups is 2. The molecule has 0 bridgehead atoms. The Morgan fingerprint density at radius 3 is 2.81 bits per heavy atom. The minimum absolute atomic E-state index is 0.0521. The Balaban J connectivity index is 1.89. The van der Waals surface area contributed by atoms with E-state index in [1.165, 1.54) is 0 Å². The number of ether oxygens (including phenoxy) is 1. The summed E-state index contributed by atoms with van der Waals surface area (Å²) >= 11 is 3.57. The van der Waals surface area contributed by atoms with Gasteiger partial charge < -0.3 is 26.6 Å². The van der Waals surface area contributed by atoms with Crippen molar-refractivity contribution in [3.8, 4) is 0 Å². The fourth-order valence-corrected chi connectivity index (χ4v) is 3.41. The standard InChI is InChI=1S/C18H23BrN4O4/c19-18(9-3-6-12-5-1-2-7-13(12)18)27-11-15(24)23-14(16(25)26)8-4-10-22-17(20)21/h1-3,5-7,14H,4,8-11H2,(H,23,24)(H,25,26)(H4,20,21,22)/t14-,18?/m0/s1. The second kappa shape index (κ2) is 9.52. The Labute approximate surface area is 165 Å². The number of benzene rings is 1. The maximum absolute atomic E-state index is 12.2. The van der Waals surface area contributed by atoms with Crippen LogP contribution in [0.4, 0.5) is 0 Å². The van der Waals surface area contributed by atoms with Crippen molar-refractivity contribution in [1.82, 2.24) is 5.32 Å². The van der Waals surface area contributed by atoms with Crippen molar-refractivity contribution >= 4 is 39.8 Å². The highest BCUT2D eigenvalue weighted by Gasteiger charge is 2.33. The fourth-order valence-electron chi connectivity index (χ4n) is 2.74. The number of aliphatic imine (C=N–C) groups is 1. The van der Waals surface area contributed by atoms with E-state index in [0.29, 0.717) is 19.4 Å². The molecule has 0 aliphatic heterocycles. The zero-order valence-electron chi connectivity index (χ0n) is 14.7. The number of nitrogens with two attached hydrogens (primary N) is 2. The summed E-state index contributed by atoms with van der Waals surface area (Å²) in [6.07, 6.45) is 5.14. The maximum atomic E-state index is 12.2. The van der Waals surface area contributed by atoms with Crippen LogP contribution in [0.25, 0.3) is 6.08 Å². The molecule has 1 amide bonds. The Hall–Kier alpha value is -2.39. The third-order valence-electron chi connectivity index (χ3n) is 4.05. The molecule has 146 valence electrons. The number of carbonyl (C=O) groups excluding carboxylic acids is 1. The number of carboxylic acid groups (broad SMARTS) is 1. The number of rotatable bonds is 9. The molecule has 0 spiro atoms. The number of halogens is 1. The molecule has 0 saturated carbocycles. The van der Waals surface area contributed by atoms with E-state index < -0.39 is 22.4 Å². The van der Waals surface area contributed by atoms with Crippen molar-refractivity contribution in [2.24, 2.45) is 16.5 Å². The van der Waals surface area contributed by atoms with Crippen molar-refractivity contribution in [3.05, 3.63) is 41.5 Å². The molecule has 2 rings (SSSR count). The Kier molecular flexibility index (Phi) is 7.37. The number of alkyl halides is 1. The topological polar surface area (TPSA) is 140 Å². The van der Waals surface area contributed by atoms with Crippen LogP contribution in [0.1, 0.15) is 30.4 Å². The third kappa shape index (κ3) is 6.07. The number of amides is 1. The third-order valence-corrected chi connectivity index (χ3v) is 5.03. The van der Waals surface area contributed by atoms with Gasteiger partial charge in [0.15, 0.2) is 10.5 Å². The van der Waals surface area contributed by atoms with E-state index >= 15 is 0 Å². The molecule has 0 saturated heterocycles. The summed E-state index contributed by atoms with van der Waals surface area (Å²) in [7, 11) is 0. The summed E-state index contributed by atoms with van der Waals surface area (Å²) in [5.74, 6) is -1.67. The van der Waals surface area contributed by atoms with Crippen LogP contribution in [0.15, 0.2) is 35.3 Å². The van der Waals surface area contributed by atoms with E-state index in [1.54, 1.807) is 0 Å². The summed E-state index contributed by atoms with van der Waals surface area (Å²) in [6.45, 7) is 0.0250. The number of nitrogens with one attached hydrogen (secondary N) is 1. The molecular formula is C18H23BrN4O4. The summed E-state index contributed by atoms with van der Waals surface area (Å²) in [4.78, 5) is 27.3. The lowest BCUT2D eigenvalue weighted by Gasteiger charge is -2.31. The SMILES string of the molecule is NC(N)=NCCC[C@H](NC(=O)COC1(Br)CC=Cc2ccccc21)C(=O)O. The van der Waals surface area contributed by atoms with Gasteiger partial charge in [-0.2, -0.15) is 0 Å². The van der Waals surface area contributed by atoms with Crippen LogP contribution in [-0.4, -0.2) is 42.1 Å². The van der Waals surface area contributed by atoms with E-state index in [9.17, 15) is 14.7 Å². The first-order valence-electron chi connectivity index (χ1n) is 8.48. The van der Waals surface area contributed by atoms with Gasteiger partial charge in [0.2, 0.25) is 5.91 Å². The smallest absolute Gasteiger partial charge is 0.326 e. The molecule has 1 aliphatic rings. The van der Waals surface area contributed by atoms with Gasteiger partial charge in [0, 0.05) is 18.5 Å². The quantitative estimate of drug-likeness (QED) is 0.198. The normalized spacial score (nSPS) is 19.0. The first kappa shape index (κ1) is 20.9. The van der Waals surface area contributed by atoms with Crippen molar-refractivity contribution in [1.29, 1.82) is 0 Å². The highest BCUT2D eigenvalue weighted by Crippen LogP contribution is 2.41. The molecule has 9 heteroatoms. The second-order valence-corrected chi connectivity index (χ2v) is 7.40. The molecule has 0 radical (unpaired) electrons. The summed E-state index contributed by atoms with van der Waals surface area (Å²) in [6, 6.07) is 6.68. The zero-order chi connectivity index (χ0) is 19.9. The lowest BCUT2D eigenvalue weighted by molar-refractivity contribution is -0.143. The van der Waals surface area contributed by atoms with Crippen LogP contribution >= 0.6 is 15.9 Å². The Morgan fingerprint density at radius 1 is 1.37 bits per heavy atom. The van der Waals surface area contributed by atoms with Crippen LogP contribution in [0.3, 0.4) is 0 Å². The van der Waals surface area contributed by atoms with E-state index in [1.807, 2.05) is 36.4 Å². The number of hydrogen-bond donors (Lipinski definition) is 4. The van der Waals surface area contributed by atoms with Gasteiger partial charge in [0.1, 0.15) is 12.6 Å². The maximum Gasteiger partial charge on any atom is 0.326 e. The first-order chi connectivity index (χ1) is 12.8. The molecule has 1 unspecified atom stereocenters. The molecule has 27 heavy (non-hydrogen) atoms. The average molecular weight is 439 g/mol. The summed E-state index contributed by atoms with van der Waals surface area (Å²) < 4.78 is 4.98. The second-order valence-electron chi connectivity index (χ2n) is 6.12. The lowest BCUT2D eigenvalue weighted by Crippen LogP contribution is -2.43. The predicted octanol–water partition coefficient (Wildman–Crippen LogP) is 1.29. The fraction of sp³-hybridized carbons (Fsp3) is 0.389. The highest BCUT2D eigenvalue weighted by molar-refractivity contribution is 9.09. The van der Waals surface area contributed by atoms with E-state index in [2.05, 4.69) is 26.2 Å². The molecule has 2 atom stereocenters. The number of fused-ring (bicyclic) bond motifs is 1. The van der Waals surface area contributed by atoms with Crippen molar-refractivity contribution in [2.45, 2.75) is 29.8 Å². The number of hydrogen-bond acceptors (Lipinski definition) is 4. The van der Waals surface area contributed by atoms with Crippen molar-refractivity contribution in [3.63, 3.8) is 0 Å². The van der Waals surface area contributed by atoms with Gasteiger partial charge in [-0.1, -0.05) is 36.4 Å². The Morgan fingerprint density at radius 2 is 2.11 bits per heavy atom. The average Bonchev–Trinajstić information content (AvgIpc) is 2.62. The van der Waals surface area contributed by atoms with Gasteiger partial charge in [0.25, 0.3) is 0 Å². The largest absolute Gasteiger partial charge is 0.480 e. The first-order valence-corrected chi connectivity index (χ1v) is 9.27. The van der Waals surface area contributed by atoms with Crippen LogP contribution in [0, 0.1) is 0 Å². The Bertz CT molecular complexity index is 749. The van der Waals surface area contributed by atoms with Gasteiger partial charge in [-0.05, 0) is 34.3 Å². The molecule has 8 nitrogen and oxygen atoms in total.